The number of nitrogens with zero attached hydrogens (tertiary/aromatic N) is 3. The number of unbranched alkanes of at least 4 members (excludes halogenated alkanes) is 3. The lowest BCUT2D eigenvalue weighted by molar-refractivity contribution is 0.305. The number of rotatable bonds is 12. The third-order valence-corrected chi connectivity index (χ3v) is 7.51. The van der Waals surface area contributed by atoms with Crippen molar-refractivity contribution in [3.8, 4) is 22.9 Å². The van der Waals surface area contributed by atoms with Gasteiger partial charge in [-0.2, -0.15) is 0 Å². The van der Waals surface area contributed by atoms with Crippen LogP contribution in [-0.2, 0) is 12.8 Å². The fourth-order valence-electron chi connectivity index (χ4n) is 4.61. The molecular formula is C32H31BrClN3O2. The van der Waals surface area contributed by atoms with Crippen LogP contribution < -0.4 is 4.74 Å². The fourth-order valence-corrected chi connectivity index (χ4v) is 5.27. The van der Waals surface area contributed by atoms with Crippen molar-refractivity contribution >= 4 is 33.2 Å². The van der Waals surface area contributed by atoms with Crippen LogP contribution in [0.3, 0.4) is 0 Å². The molecule has 39 heavy (non-hydrogen) atoms. The molecule has 0 spiro atoms. The van der Waals surface area contributed by atoms with Crippen molar-refractivity contribution in [1.82, 2.24) is 14.4 Å². The zero-order chi connectivity index (χ0) is 27.0. The normalized spacial score (nSPS) is 11.2. The summed E-state index contributed by atoms with van der Waals surface area (Å²) in [6, 6.07) is 25.9. The molecule has 3 aromatic carbocycles. The summed E-state index contributed by atoms with van der Waals surface area (Å²) in [6.07, 6.45) is 7.42. The lowest BCUT2D eigenvalue weighted by Gasteiger charge is -2.09. The largest absolute Gasteiger partial charge is 0.493 e. The number of hydrogen-bond acceptors (Lipinski definition) is 4. The van der Waals surface area contributed by atoms with Gasteiger partial charge in [-0.05, 0) is 36.1 Å². The molecule has 0 atom stereocenters. The lowest BCUT2D eigenvalue weighted by atomic mass is 10.1. The van der Waals surface area contributed by atoms with Gasteiger partial charge in [0.15, 0.2) is 5.65 Å². The second-order valence-electron chi connectivity index (χ2n) is 9.57. The van der Waals surface area contributed by atoms with Gasteiger partial charge in [0.05, 0.1) is 23.0 Å². The second kappa shape index (κ2) is 13.1. The van der Waals surface area contributed by atoms with E-state index < -0.39 is 0 Å². The summed E-state index contributed by atoms with van der Waals surface area (Å²) < 4.78 is 7.65. The van der Waals surface area contributed by atoms with Gasteiger partial charge in [0, 0.05) is 29.9 Å². The highest BCUT2D eigenvalue weighted by Crippen LogP contribution is 2.31. The van der Waals surface area contributed by atoms with Gasteiger partial charge in [0.25, 0.3) is 0 Å². The summed E-state index contributed by atoms with van der Waals surface area (Å²) >= 11 is 10.0. The SMILES string of the molecule is Oc1c(Cc2ccc(OCCCCCCBr)c(Cl)c2)nc2c(Cc3ccccc3)nc(-c3ccccc3)cn12. The number of aromatic hydroxyl groups is 1. The first kappa shape index (κ1) is 27.2. The van der Waals surface area contributed by atoms with Crippen LogP contribution in [0.2, 0.25) is 5.02 Å². The number of fused-ring (bicyclic) bond motifs is 1. The average Bonchev–Trinajstić information content (AvgIpc) is 3.27. The first-order valence-electron chi connectivity index (χ1n) is 13.3. The standard InChI is InChI=1S/C32H31BrClN3O2/c33-17-9-1-2-10-18-39-30-16-15-24(19-26(30)34)21-28-32(38)37-22-29(25-13-7-4-8-14-25)35-27(31(37)36-28)20-23-11-5-3-6-12-23/h3-8,11-16,19,22,38H,1-2,9-10,17-18,20-21H2. The molecule has 200 valence electrons. The summed E-state index contributed by atoms with van der Waals surface area (Å²) in [6.45, 7) is 0.648. The fraction of sp³-hybridized carbons (Fsp3) is 0.250. The van der Waals surface area contributed by atoms with Crippen molar-refractivity contribution in [1.29, 1.82) is 0 Å². The van der Waals surface area contributed by atoms with Crippen LogP contribution in [0.4, 0.5) is 0 Å². The number of ether oxygens (including phenoxy) is 1. The number of benzene rings is 3. The second-order valence-corrected chi connectivity index (χ2v) is 10.8. The molecule has 7 heteroatoms. The Kier molecular flexibility index (Phi) is 9.17. The molecule has 0 aliphatic carbocycles. The van der Waals surface area contributed by atoms with Gasteiger partial charge in [-0.25, -0.2) is 9.97 Å². The Morgan fingerprint density at radius 3 is 2.26 bits per heavy atom. The number of hydrogen-bond donors (Lipinski definition) is 1. The Balaban J connectivity index is 1.40. The third-order valence-electron chi connectivity index (χ3n) is 6.66. The minimum absolute atomic E-state index is 0.110. The average molecular weight is 605 g/mol. The van der Waals surface area contributed by atoms with Crippen LogP contribution in [0.25, 0.3) is 16.9 Å². The van der Waals surface area contributed by atoms with Gasteiger partial charge in [-0.3, -0.25) is 4.40 Å². The molecule has 0 aliphatic heterocycles. The monoisotopic (exact) mass is 603 g/mol. The molecule has 0 radical (unpaired) electrons. The maximum atomic E-state index is 11.3. The van der Waals surface area contributed by atoms with Crippen molar-refractivity contribution in [3.05, 3.63) is 113 Å². The van der Waals surface area contributed by atoms with E-state index in [9.17, 15) is 5.11 Å². The quantitative estimate of drug-likeness (QED) is 0.115. The first-order chi connectivity index (χ1) is 19.1. The number of halogens is 2. The highest BCUT2D eigenvalue weighted by Gasteiger charge is 2.18. The summed E-state index contributed by atoms with van der Waals surface area (Å²) in [7, 11) is 0. The van der Waals surface area contributed by atoms with Crippen LogP contribution in [0.1, 0.15) is 48.2 Å². The molecule has 0 unspecified atom stereocenters. The molecule has 0 fully saturated rings. The minimum Gasteiger partial charge on any atom is -0.493 e. The minimum atomic E-state index is 0.110. The Morgan fingerprint density at radius 2 is 1.51 bits per heavy atom. The Morgan fingerprint density at radius 1 is 0.795 bits per heavy atom. The molecule has 2 heterocycles. The van der Waals surface area contributed by atoms with Crippen LogP contribution in [0.15, 0.2) is 85.1 Å². The number of alkyl halides is 1. The Labute approximate surface area is 242 Å². The van der Waals surface area contributed by atoms with Gasteiger partial charge in [0.1, 0.15) is 11.4 Å². The Hall–Kier alpha value is -3.35. The lowest BCUT2D eigenvalue weighted by Crippen LogP contribution is -2.00. The molecule has 0 aliphatic rings. The molecule has 2 aromatic heterocycles. The molecule has 0 saturated carbocycles. The van der Waals surface area contributed by atoms with Gasteiger partial charge in [-0.1, -0.05) is 107 Å². The molecule has 0 amide bonds. The maximum Gasteiger partial charge on any atom is 0.219 e. The van der Waals surface area contributed by atoms with Gasteiger partial charge in [0.2, 0.25) is 5.88 Å². The van der Waals surface area contributed by atoms with Gasteiger partial charge in [-0.15, -0.1) is 0 Å². The summed E-state index contributed by atoms with van der Waals surface area (Å²) in [5.41, 5.74) is 5.88. The van der Waals surface area contributed by atoms with E-state index >= 15 is 0 Å². The van der Waals surface area contributed by atoms with Crippen molar-refractivity contribution in [3.63, 3.8) is 0 Å². The van der Waals surface area contributed by atoms with E-state index in [0.717, 1.165) is 46.2 Å². The van der Waals surface area contributed by atoms with E-state index in [-0.39, 0.29) is 5.88 Å². The molecular weight excluding hydrogens is 574 g/mol. The predicted molar refractivity (Wildman–Crippen MR) is 161 cm³/mol. The van der Waals surface area contributed by atoms with Crippen molar-refractivity contribution < 1.29 is 9.84 Å². The van der Waals surface area contributed by atoms with Crippen molar-refractivity contribution in [2.24, 2.45) is 0 Å². The van der Waals surface area contributed by atoms with Gasteiger partial charge < -0.3 is 9.84 Å². The molecule has 5 nitrogen and oxygen atoms in total. The number of aromatic nitrogens is 3. The summed E-state index contributed by atoms with van der Waals surface area (Å²) in [5, 5.41) is 12.9. The zero-order valence-corrected chi connectivity index (χ0v) is 24.0. The smallest absolute Gasteiger partial charge is 0.219 e. The van der Waals surface area contributed by atoms with E-state index in [1.54, 1.807) is 4.40 Å². The molecule has 1 N–H and O–H groups in total. The summed E-state index contributed by atoms with van der Waals surface area (Å²) in [5.74, 6) is 0.792. The van der Waals surface area contributed by atoms with E-state index in [0.29, 0.717) is 41.6 Å². The van der Waals surface area contributed by atoms with E-state index in [4.69, 9.17) is 26.3 Å². The molecule has 5 aromatic rings. The first-order valence-corrected chi connectivity index (χ1v) is 14.8. The Bertz CT molecular complexity index is 1520. The summed E-state index contributed by atoms with van der Waals surface area (Å²) in [4.78, 5) is 9.82. The maximum absolute atomic E-state index is 11.3. The molecule has 5 rings (SSSR count). The van der Waals surface area contributed by atoms with Gasteiger partial charge >= 0.3 is 0 Å². The highest BCUT2D eigenvalue weighted by atomic mass is 79.9. The topological polar surface area (TPSA) is 59.7 Å². The molecule has 0 bridgehead atoms. The van der Waals surface area contributed by atoms with E-state index in [1.807, 2.05) is 72.9 Å². The van der Waals surface area contributed by atoms with Crippen LogP contribution in [-0.4, -0.2) is 31.4 Å². The van der Waals surface area contributed by atoms with Crippen molar-refractivity contribution in [2.45, 2.75) is 38.5 Å². The molecule has 0 saturated heterocycles. The van der Waals surface area contributed by atoms with Crippen LogP contribution in [0, 0.1) is 0 Å². The number of imidazole rings is 1. The van der Waals surface area contributed by atoms with E-state index in [2.05, 4.69) is 28.1 Å². The highest BCUT2D eigenvalue weighted by molar-refractivity contribution is 9.09. The zero-order valence-electron chi connectivity index (χ0n) is 21.7. The third kappa shape index (κ3) is 6.81. The van der Waals surface area contributed by atoms with Crippen LogP contribution in [0.5, 0.6) is 11.6 Å². The predicted octanol–water partition coefficient (Wildman–Crippen LogP) is 8.27. The van der Waals surface area contributed by atoms with E-state index in [1.165, 1.54) is 12.8 Å². The van der Waals surface area contributed by atoms with Crippen molar-refractivity contribution in [2.75, 3.05) is 11.9 Å². The van der Waals surface area contributed by atoms with Crippen LogP contribution >= 0.6 is 27.5 Å².